The standard InChI is InChI=1S/C18H12F2N6O5S/c19-16(20)9-6-8(10-2-1-5-31-10)13-14(15(17(21)28)32-18(13)22-9)23-12(27)7-25-4-3-11(24-25)26(29)30/h1-6,16H,7H2,(H2,21,28)(H,23,27). The van der Waals surface area contributed by atoms with E-state index in [0.29, 0.717) is 0 Å². The fourth-order valence-electron chi connectivity index (χ4n) is 3.01. The Morgan fingerprint density at radius 1 is 1.38 bits per heavy atom. The number of amides is 2. The number of rotatable bonds is 7. The molecule has 0 atom stereocenters. The molecule has 0 bridgehead atoms. The number of hydrogen-bond acceptors (Lipinski definition) is 8. The van der Waals surface area contributed by atoms with E-state index in [4.69, 9.17) is 10.2 Å². The Kier molecular flexibility index (Phi) is 5.36. The molecule has 0 fully saturated rings. The number of hydrogen-bond donors (Lipinski definition) is 2. The maximum absolute atomic E-state index is 13.4. The number of furan rings is 1. The Balaban J connectivity index is 1.80. The Hall–Kier alpha value is -4.20. The lowest BCUT2D eigenvalue weighted by Gasteiger charge is -2.09. The van der Waals surface area contributed by atoms with Crippen LogP contribution in [-0.2, 0) is 11.3 Å². The van der Waals surface area contributed by atoms with E-state index in [0.717, 1.165) is 28.2 Å². The molecule has 0 aliphatic heterocycles. The number of nitrogens with zero attached hydrogens (tertiary/aromatic N) is 4. The molecule has 4 heterocycles. The lowest BCUT2D eigenvalue weighted by atomic mass is 10.1. The van der Waals surface area contributed by atoms with Crippen molar-refractivity contribution in [1.29, 1.82) is 0 Å². The Morgan fingerprint density at radius 3 is 2.75 bits per heavy atom. The van der Waals surface area contributed by atoms with E-state index < -0.39 is 41.2 Å². The maximum atomic E-state index is 13.4. The highest BCUT2D eigenvalue weighted by atomic mass is 32.1. The largest absolute Gasteiger partial charge is 0.464 e. The second kappa shape index (κ2) is 8.14. The zero-order chi connectivity index (χ0) is 23.0. The fraction of sp³-hybridized carbons (Fsp3) is 0.111. The molecule has 0 radical (unpaired) electrons. The zero-order valence-electron chi connectivity index (χ0n) is 15.8. The van der Waals surface area contributed by atoms with Crippen LogP contribution < -0.4 is 11.1 Å². The Bertz CT molecular complexity index is 1350. The van der Waals surface area contributed by atoms with Crippen molar-refractivity contribution in [3.63, 3.8) is 0 Å². The Labute approximate surface area is 180 Å². The number of nitrogens with one attached hydrogen (secondary N) is 1. The average Bonchev–Trinajstić information content (AvgIpc) is 3.47. The second-order valence-corrected chi connectivity index (χ2v) is 7.40. The van der Waals surface area contributed by atoms with Crippen LogP contribution in [0.4, 0.5) is 20.3 Å². The van der Waals surface area contributed by atoms with Crippen molar-refractivity contribution in [3.8, 4) is 11.3 Å². The highest BCUT2D eigenvalue weighted by Gasteiger charge is 2.26. The number of pyridine rings is 1. The summed E-state index contributed by atoms with van der Waals surface area (Å²) < 4.78 is 33.1. The molecule has 0 aromatic carbocycles. The SMILES string of the molecule is NC(=O)c1sc2nc(C(F)F)cc(-c3ccco3)c2c1NC(=O)Cn1ccc([N+](=O)[O-])n1. The summed E-state index contributed by atoms with van der Waals surface area (Å²) in [6.07, 6.45) is -0.308. The molecule has 0 unspecified atom stereocenters. The van der Waals surface area contributed by atoms with Gasteiger partial charge >= 0.3 is 5.82 Å². The van der Waals surface area contributed by atoms with Gasteiger partial charge in [0.25, 0.3) is 12.3 Å². The van der Waals surface area contributed by atoms with Crippen LogP contribution in [0, 0.1) is 10.1 Å². The predicted octanol–water partition coefficient (Wildman–Crippen LogP) is 3.34. The van der Waals surface area contributed by atoms with E-state index in [2.05, 4.69) is 15.4 Å². The summed E-state index contributed by atoms with van der Waals surface area (Å²) in [6, 6.07) is 5.30. The normalized spacial score (nSPS) is 11.2. The molecule has 4 aromatic rings. The van der Waals surface area contributed by atoms with E-state index in [1.54, 1.807) is 6.07 Å². The Morgan fingerprint density at radius 2 is 2.16 bits per heavy atom. The van der Waals surface area contributed by atoms with E-state index in [1.807, 2.05) is 0 Å². The van der Waals surface area contributed by atoms with Crippen LogP contribution in [0.3, 0.4) is 0 Å². The van der Waals surface area contributed by atoms with Crippen LogP contribution in [0.5, 0.6) is 0 Å². The van der Waals surface area contributed by atoms with E-state index in [9.17, 15) is 28.5 Å². The quantitative estimate of drug-likeness (QED) is 0.315. The van der Waals surface area contributed by atoms with Gasteiger partial charge in [-0.05, 0) is 23.1 Å². The highest BCUT2D eigenvalue weighted by Crippen LogP contribution is 2.42. The van der Waals surface area contributed by atoms with Crippen LogP contribution in [0.1, 0.15) is 21.8 Å². The summed E-state index contributed by atoms with van der Waals surface area (Å²) in [5.41, 5.74) is 5.06. The van der Waals surface area contributed by atoms with Gasteiger partial charge in [0.1, 0.15) is 27.7 Å². The number of nitrogens with two attached hydrogens (primary N) is 1. The number of fused-ring (bicyclic) bond motifs is 1. The van der Waals surface area contributed by atoms with Gasteiger partial charge in [-0.25, -0.2) is 13.8 Å². The topological polar surface area (TPSA) is 159 Å². The summed E-state index contributed by atoms with van der Waals surface area (Å²) in [5.74, 6) is -1.82. The van der Waals surface area contributed by atoms with Crippen molar-refractivity contribution in [1.82, 2.24) is 14.8 Å². The van der Waals surface area contributed by atoms with Gasteiger partial charge in [0.15, 0.2) is 0 Å². The first-order valence-electron chi connectivity index (χ1n) is 8.81. The molecule has 0 spiro atoms. The first-order valence-corrected chi connectivity index (χ1v) is 9.63. The van der Waals surface area contributed by atoms with E-state index in [1.165, 1.54) is 18.5 Å². The van der Waals surface area contributed by atoms with Crippen molar-refractivity contribution in [3.05, 3.63) is 57.4 Å². The summed E-state index contributed by atoms with van der Waals surface area (Å²) in [5, 5.41) is 17.1. The number of nitro groups is 1. The molecular weight excluding hydrogens is 450 g/mol. The van der Waals surface area contributed by atoms with Crippen molar-refractivity contribution in [2.24, 2.45) is 5.73 Å². The van der Waals surface area contributed by atoms with Gasteiger partial charge in [0, 0.05) is 10.9 Å². The third-order valence-electron chi connectivity index (χ3n) is 4.30. The molecule has 2 amide bonds. The summed E-state index contributed by atoms with van der Waals surface area (Å²) in [7, 11) is 0. The minimum atomic E-state index is -2.89. The van der Waals surface area contributed by atoms with Crippen LogP contribution in [0.25, 0.3) is 21.5 Å². The minimum absolute atomic E-state index is 0.0242. The summed E-state index contributed by atoms with van der Waals surface area (Å²) >= 11 is 0.744. The molecule has 0 aliphatic rings. The van der Waals surface area contributed by atoms with Gasteiger partial charge in [0.05, 0.1) is 29.3 Å². The molecular formula is C18H12F2N6O5S. The summed E-state index contributed by atoms with van der Waals surface area (Å²) in [4.78, 5) is 38.5. The zero-order valence-corrected chi connectivity index (χ0v) is 16.6. The number of carbonyl (C=O) groups excluding carboxylic acids is 2. The van der Waals surface area contributed by atoms with Crippen molar-refractivity contribution in [2.45, 2.75) is 13.0 Å². The molecule has 32 heavy (non-hydrogen) atoms. The molecule has 4 rings (SSSR count). The van der Waals surface area contributed by atoms with Crippen LogP contribution in [0.15, 0.2) is 41.1 Å². The van der Waals surface area contributed by atoms with Crippen molar-refractivity contribution >= 4 is 44.9 Å². The van der Waals surface area contributed by atoms with Gasteiger partial charge < -0.3 is 25.6 Å². The molecule has 0 saturated carbocycles. The van der Waals surface area contributed by atoms with Gasteiger partial charge in [-0.15, -0.1) is 11.3 Å². The molecule has 0 aliphatic carbocycles. The second-order valence-electron chi connectivity index (χ2n) is 6.40. The minimum Gasteiger partial charge on any atom is -0.464 e. The molecule has 11 nitrogen and oxygen atoms in total. The van der Waals surface area contributed by atoms with Gasteiger partial charge in [-0.2, -0.15) is 4.68 Å². The van der Waals surface area contributed by atoms with Crippen molar-refractivity contribution < 1.29 is 27.7 Å². The third-order valence-corrected chi connectivity index (χ3v) is 5.40. The number of anilines is 1. The van der Waals surface area contributed by atoms with Gasteiger partial charge in [-0.3, -0.25) is 9.59 Å². The van der Waals surface area contributed by atoms with E-state index >= 15 is 0 Å². The monoisotopic (exact) mass is 462 g/mol. The molecule has 164 valence electrons. The summed E-state index contributed by atoms with van der Waals surface area (Å²) in [6.45, 7) is -0.415. The smallest absolute Gasteiger partial charge is 0.389 e. The van der Waals surface area contributed by atoms with Crippen LogP contribution in [0.2, 0.25) is 0 Å². The van der Waals surface area contributed by atoms with Crippen LogP contribution >= 0.6 is 11.3 Å². The molecule has 0 saturated heterocycles. The van der Waals surface area contributed by atoms with Crippen molar-refractivity contribution in [2.75, 3.05) is 5.32 Å². The molecule has 14 heteroatoms. The third kappa shape index (κ3) is 3.90. The lowest BCUT2D eigenvalue weighted by Crippen LogP contribution is -2.21. The number of alkyl halides is 2. The predicted molar refractivity (Wildman–Crippen MR) is 108 cm³/mol. The van der Waals surface area contributed by atoms with Crippen LogP contribution in [-0.4, -0.2) is 31.5 Å². The van der Waals surface area contributed by atoms with Gasteiger partial charge in [0.2, 0.25) is 5.91 Å². The number of carbonyl (C=O) groups is 2. The number of thiophene rings is 1. The molecule has 3 N–H and O–H groups in total. The maximum Gasteiger partial charge on any atom is 0.389 e. The number of aromatic nitrogens is 3. The average molecular weight is 462 g/mol. The van der Waals surface area contributed by atoms with E-state index in [-0.39, 0.29) is 32.1 Å². The van der Waals surface area contributed by atoms with Gasteiger partial charge in [-0.1, -0.05) is 0 Å². The first-order chi connectivity index (χ1) is 15.2. The highest BCUT2D eigenvalue weighted by molar-refractivity contribution is 7.21. The lowest BCUT2D eigenvalue weighted by molar-refractivity contribution is -0.389. The number of primary amides is 1. The first kappa shape index (κ1) is 21.0. The molecule has 4 aromatic heterocycles. The fourth-order valence-corrected chi connectivity index (χ4v) is 4.02. The number of halogens is 2.